The molecule has 0 amide bonds. The molecule has 112 valence electrons. The minimum atomic E-state index is 0.448. The SMILES string of the molecule is Cc1c(Cl)ncnc1NCCOCc1ccc(Cl)c(Cl)c1. The molecule has 1 aromatic carbocycles. The van der Waals surface area contributed by atoms with Gasteiger partial charge >= 0.3 is 0 Å². The highest BCUT2D eigenvalue weighted by Gasteiger charge is 2.04. The second kappa shape index (κ2) is 7.80. The summed E-state index contributed by atoms with van der Waals surface area (Å²) < 4.78 is 5.57. The number of hydrogen-bond acceptors (Lipinski definition) is 4. The van der Waals surface area contributed by atoms with Crippen LogP contribution in [0.3, 0.4) is 0 Å². The van der Waals surface area contributed by atoms with Crippen molar-refractivity contribution in [2.45, 2.75) is 13.5 Å². The van der Waals surface area contributed by atoms with Crippen LogP contribution >= 0.6 is 34.8 Å². The van der Waals surface area contributed by atoms with Gasteiger partial charge in [0.25, 0.3) is 0 Å². The standard InChI is InChI=1S/C14H14Cl3N3O/c1-9-13(17)19-8-20-14(9)18-4-5-21-7-10-2-3-11(15)12(16)6-10/h2-3,6,8H,4-5,7H2,1H3,(H,18,19,20). The zero-order valence-corrected chi connectivity index (χ0v) is 13.6. The average Bonchev–Trinajstić information content (AvgIpc) is 2.46. The van der Waals surface area contributed by atoms with Crippen LogP contribution in [-0.4, -0.2) is 23.1 Å². The van der Waals surface area contributed by atoms with Gasteiger partial charge in [-0.1, -0.05) is 40.9 Å². The lowest BCUT2D eigenvalue weighted by atomic mass is 10.2. The Hall–Kier alpha value is -1.07. The molecule has 0 bridgehead atoms. The van der Waals surface area contributed by atoms with E-state index in [1.54, 1.807) is 12.1 Å². The normalized spacial score (nSPS) is 10.7. The summed E-state index contributed by atoms with van der Waals surface area (Å²) in [5.41, 5.74) is 1.80. The molecule has 0 fully saturated rings. The first kappa shape index (κ1) is 16.3. The average molecular weight is 347 g/mol. The van der Waals surface area contributed by atoms with Crippen LogP contribution < -0.4 is 5.32 Å². The Morgan fingerprint density at radius 2 is 1.95 bits per heavy atom. The highest BCUT2D eigenvalue weighted by molar-refractivity contribution is 6.42. The number of benzene rings is 1. The molecular weight excluding hydrogens is 333 g/mol. The Morgan fingerprint density at radius 1 is 1.14 bits per heavy atom. The summed E-state index contributed by atoms with van der Waals surface area (Å²) in [6.45, 7) is 3.49. The van der Waals surface area contributed by atoms with Gasteiger partial charge in [-0.15, -0.1) is 0 Å². The Balaban J connectivity index is 1.75. The molecule has 1 aromatic heterocycles. The zero-order valence-electron chi connectivity index (χ0n) is 11.4. The van der Waals surface area contributed by atoms with Crippen LogP contribution in [0.15, 0.2) is 24.5 Å². The van der Waals surface area contributed by atoms with Gasteiger partial charge in [-0.05, 0) is 24.6 Å². The van der Waals surface area contributed by atoms with Crippen molar-refractivity contribution in [1.29, 1.82) is 0 Å². The molecule has 0 spiro atoms. The zero-order chi connectivity index (χ0) is 15.2. The minimum Gasteiger partial charge on any atom is -0.375 e. The van der Waals surface area contributed by atoms with Crippen LogP contribution in [0.5, 0.6) is 0 Å². The Labute approximate surface area is 138 Å². The largest absolute Gasteiger partial charge is 0.375 e. The maximum absolute atomic E-state index is 5.94. The molecule has 0 radical (unpaired) electrons. The minimum absolute atomic E-state index is 0.448. The van der Waals surface area contributed by atoms with Gasteiger partial charge in [0.2, 0.25) is 0 Å². The molecule has 0 saturated heterocycles. The van der Waals surface area contributed by atoms with Crippen LogP contribution in [0.1, 0.15) is 11.1 Å². The third-order valence-electron chi connectivity index (χ3n) is 2.81. The lowest BCUT2D eigenvalue weighted by Crippen LogP contribution is -2.11. The molecule has 4 nitrogen and oxygen atoms in total. The van der Waals surface area contributed by atoms with Gasteiger partial charge in [0, 0.05) is 12.1 Å². The van der Waals surface area contributed by atoms with Gasteiger partial charge in [-0.25, -0.2) is 9.97 Å². The molecule has 0 aliphatic carbocycles. The maximum atomic E-state index is 5.94. The van der Waals surface area contributed by atoms with E-state index in [4.69, 9.17) is 39.5 Å². The van der Waals surface area contributed by atoms with Crippen molar-refractivity contribution < 1.29 is 4.74 Å². The number of aromatic nitrogens is 2. The van der Waals surface area contributed by atoms with Gasteiger partial charge in [-0.3, -0.25) is 0 Å². The van der Waals surface area contributed by atoms with Crippen LogP contribution in [0, 0.1) is 6.92 Å². The third kappa shape index (κ3) is 4.71. The molecule has 0 aliphatic rings. The van der Waals surface area contributed by atoms with E-state index in [1.807, 2.05) is 13.0 Å². The van der Waals surface area contributed by atoms with E-state index >= 15 is 0 Å². The second-order valence-electron chi connectivity index (χ2n) is 4.37. The van der Waals surface area contributed by atoms with E-state index in [-0.39, 0.29) is 0 Å². The van der Waals surface area contributed by atoms with Crippen molar-refractivity contribution in [3.63, 3.8) is 0 Å². The molecule has 0 atom stereocenters. The fourth-order valence-electron chi connectivity index (χ4n) is 1.67. The summed E-state index contributed by atoms with van der Waals surface area (Å²) in [5, 5.41) is 4.67. The summed E-state index contributed by atoms with van der Waals surface area (Å²) in [7, 11) is 0. The summed E-state index contributed by atoms with van der Waals surface area (Å²) in [5.74, 6) is 0.716. The molecule has 2 rings (SSSR count). The van der Waals surface area contributed by atoms with Crippen molar-refractivity contribution in [2.24, 2.45) is 0 Å². The fraction of sp³-hybridized carbons (Fsp3) is 0.286. The third-order valence-corrected chi connectivity index (χ3v) is 3.93. The van der Waals surface area contributed by atoms with Crippen molar-refractivity contribution in [1.82, 2.24) is 9.97 Å². The molecule has 21 heavy (non-hydrogen) atoms. The lowest BCUT2D eigenvalue weighted by molar-refractivity contribution is 0.130. The molecule has 1 N–H and O–H groups in total. The van der Waals surface area contributed by atoms with Crippen molar-refractivity contribution in [2.75, 3.05) is 18.5 Å². The summed E-state index contributed by atoms with van der Waals surface area (Å²) in [4.78, 5) is 8.02. The molecule has 0 aliphatic heterocycles. The lowest BCUT2D eigenvalue weighted by Gasteiger charge is -2.09. The van der Waals surface area contributed by atoms with Gasteiger partial charge in [-0.2, -0.15) is 0 Å². The van der Waals surface area contributed by atoms with Crippen LogP contribution in [0.25, 0.3) is 0 Å². The van der Waals surface area contributed by atoms with E-state index in [9.17, 15) is 0 Å². The number of halogens is 3. The first-order valence-corrected chi connectivity index (χ1v) is 7.44. The van der Waals surface area contributed by atoms with Crippen molar-refractivity contribution in [3.05, 3.63) is 50.9 Å². The molecule has 7 heteroatoms. The van der Waals surface area contributed by atoms with Crippen LogP contribution in [-0.2, 0) is 11.3 Å². The van der Waals surface area contributed by atoms with Crippen LogP contribution in [0.4, 0.5) is 5.82 Å². The Morgan fingerprint density at radius 3 is 2.71 bits per heavy atom. The van der Waals surface area contributed by atoms with Gasteiger partial charge in [0.05, 0.1) is 23.3 Å². The number of anilines is 1. The number of hydrogen-bond donors (Lipinski definition) is 1. The van der Waals surface area contributed by atoms with Crippen molar-refractivity contribution >= 4 is 40.6 Å². The van der Waals surface area contributed by atoms with Gasteiger partial charge < -0.3 is 10.1 Å². The quantitative estimate of drug-likeness (QED) is 0.623. The molecule has 0 unspecified atom stereocenters. The van der Waals surface area contributed by atoms with Gasteiger partial charge in [0.15, 0.2) is 0 Å². The van der Waals surface area contributed by atoms with E-state index < -0.39 is 0 Å². The maximum Gasteiger partial charge on any atom is 0.137 e. The molecule has 1 heterocycles. The Bertz CT molecular complexity index is 622. The van der Waals surface area contributed by atoms with E-state index in [2.05, 4.69) is 15.3 Å². The smallest absolute Gasteiger partial charge is 0.137 e. The Kier molecular flexibility index (Phi) is 6.06. The van der Waals surface area contributed by atoms with E-state index in [0.717, 1.165) is 11.1 Å². The number of nitrogens with one attached hydrogen (secondary N) is 1. The second-order valence-corrected chi connectivity index (χ2v) is 5.54. The first-order valence-electron chi connectivity index (χ1n) is 6.30. The topological polar surface area (TPSA) is 47.0 Å². The van der Waals surface area contributed by atoms with E-state index in [1.165, 1.54) is 6.33 Å². The monoisotopic (exact) mass is 345 g/mol. The predicted octanol–water partition coefficient (Wildman–Crippen LogP) is 4.37. The van der Waals surface area contributed by atoms with Gasteiger partial charge in [0.1, 0.15) is 17.3 Å². The number of ether oxygens (including phenoxy) is 1. The number of nitrogens with zero attached hydrogens (tertiary/aromatic N) is 2. The van der Waals surface area contributed by atoms with E-state index in [0.29, 0.717) is 40.8 Å². The highest BCUT2D eigenvalue weighted by atomic mass is 35.5. The molecule has 2 aromatic rings. The van der Waals surface area contributed by atoms with Crippen molar-refractivity contribution in [3.8, 4) is 0 Å². The highest BCUT2D eigenvalue weighted by Crippen LogP contribution is 2.22. The molecular formula is C14H14Cl3N3O. The molecule has 0 saturated carbocycles. The predicted molar refractivity (Wildman–Crippen MR) is 86.4 cm³/mol. The fourth-order valence-corrected chi connectivity index (χ4v) is 2.12. The number of rotatable bonds is 6. The summed E-state index contributed by atoms with van der Waals surface area (Å²) in [6.07, 6.45) is 1.42. The summed E-state index contributed by atoms with van der Waals surface area (Å²) in [6, 6.07) is 5.44. The first-order chi connectivity index (χ1) is 10.1. The van der Waals surface area contributed by atoms with Crippen LogP contribution in [0.2, 0.25) is 15.2 Å². The summed E-state index contributed by atoms with van der Waals surface area (Å²) >= 11 is 17.7.